The van der Waals surface area contributed by atoms with Crippen molar-refractivity contribution in [1.29, 1.82) is 0 Å². The molecule has 0 saturated carbocycles. The van der Waals surface area contributed by atoms with Gasteiger partial charge in [0.1, 0.15) is 5.75 Å². The summed E-state index contributed by atoms with van der Waals surface area (Å²) in [6, 6.07) is 8.59. The van der Waals surface area contributed by atoms with Crippen molar-refractivity contribution >= 4 is 44.6 Å². The molecule has 0 spiro atoms. The average Bonchev–Trinajstić information content (AvgIpc) is 2.61. The molecule has 148 valence electrons. The summed E-state index contributed by atoms with van der Waals surface area (Å²) in [4.78, 5) is 23.0. The van der Waals surface area contributed by atoms with E-state index in [0.29, 0.717) is 5.69 Å². The number of nitrogens with one attached hydrogen (secondary N) is 1. The molecule has 1 N–H and O–H groups in total. The zero-order valence-electron chi connectivity index (χ0n) is 14.9. The molecule has 0 radical (unpaired) electrons. The van der Waals surface area contributed by atoms with E-state index < -0.39 is 27.0 Å². The number of ether oxygens (including phenoxy) is 1. The van der Waals surface area contributed by atoms with Crippen LogP contribution in [0.5, 0.6) is 5.75 Å². The van der Waals surface area contributed by atoms with E-state index in [0.717, 1.165) is 22.2 Å². The Labute approximate surface area is 166 Å². The molecule has 28 heavy (non-hydrogen) atoms. The van der Waals surface area contributed by atoms with E-state index in [1.54, 1.807) is 18.2 Å². The van der Waals surface area contributed by atoms with Crippen molar-refractivity contribution in [3.63, 3.8) is 0 Å². The first-order chi connectivity index (χ1) is 13.1. The fourth-order valence-electron chi connectivity index (χ4n) is 2.75. The maximum Gasteiger partial charge on any atom is 0.271 e. The second-order valence-corrected chi connectivity index (χ2v) is 8.60. The lowest BCUT2D eigenvalue weighted by Crippen LogP contribution is -2.48. The molecule has 0 bridgehead atoms. The average molecular weight is 426 g/mol. The number of nitro groups is 1. The molecule has 1 aliphatic heterocycles. The second kappa shape index (κ2) is 7.28. The molecule has 0 unspecified atom stereocenters. The molecular weight excluding hydrogens is 410 g/mol. The van der Waals surface area contributed by atoms with Gasteiger partial charge in [-0.05, 0) is 30.7 Å². The van der Waals surface area contributed by atoms with E-state index in [-0.39, 0.29) is 28.7 Å². The lowest BCUT2D eigenvalue weighted by molar-refractivity contribution is -0.384. The van der Waals surface area contributed by atoms with Crippen LogP contribution in [0.3, 0.4) is 0 Å². The Morgan fingerprint density at radius 2 is 2.04 bits per heavy atom. The van der Waals surface area contributed by atoms with Crippen molar-refractivity contribution in [2.45, 2.75) is 13.0 Å². The minimum atomic E-state index is -3.66. The van der Waals surface area contributed by atoms with Gasteiger partial charge in [-0.2, -0.15) is 0 Å². The molecule has 2 aromatic carbocycles. The van der Waals surface area contributed by atoms with Crippen molar-refractivity contribution in [3.05, 3.63) is 57.1 Å². The van der Waals surface area contributed by atoms with Gasteiger partial charge in [-0.3, -0.25) is 19.2 Å². The van der Waals surface area contributed by atoms with Crippen molar-refractivity contribution in [2.24, 2.45) is 0 Å². The number of rotatable bonds is 4. The predicted molar refractivity (Wildman–Crippen MR) is 105 cm³/mol. The molecule has 9 nitrogen and oxygen atoms in total. The van der Waals surface area contributed by atoms with Crippen molar-refractivity contribution in [3.8, 4) is 5.75 Å². The van der Waals surface area contributed by atoms with Gasteiger partial charge in [-0.15, -0.1) is 0 Å². The van der Waals surface area contributed by atoms with Crippen LogP contribution in [0, 0.1) is 17.0 Å². The summed E-state index contributed by atoms with van der Waals surface area (Å²) >= 11 is 6.00. The van der Waals surface area contributed by atoms with Gasteiger partial charge in [0.2, 0.25) is 10.0 Å². The monoisotopic (exact) mass is 425 g/mol. The van der Waals surface area contributed by atoms with Crippen LogP contribution in [0.2, 0.25) is 5.02 Å². The van der Waals surface area contributed by atoms with Gasteiger partial charge in [0.15, 0.2) is 6.10 Å². The number of nitro benzene ring substituents is 1. The molecule has 1 atom stereocenters. The number of benzene rings is 2. The number of hydrogen-bond donors (Lipinski definition) is 1. The number of aryl methyl sites for hydroxylation is 1. The number of carbonyl (C=O) groups excluding carboxylic acids is 1. The number of nitrogens with zero attached hydrogens (tertiary/aromatic N) is 2. The molecule has 0 aliphatic carbocycles. The summed E-state index contributed by atoms with van der Waals surface area (Å²) in [5.41, 5.74) is 0.968. The normalized spacial score (nSPS) is 16.1. The second-order valence-electron chi connectivity index (χ2n) is 6.28. The minimum Gasteiger partial charge on any atom is -0.476 e. The number of non-ortho nitro benzene ring substituents is 1. The van der Waals surface area contributed by atoms with E-state index in [1.165, 1.54) is 12.1 Å². The molecule has 1 heterocycles. The fourth-order valence-corrected chi connectivity index (χ4v) is 3.82. The number of sulfonamides is 1. The summed E-state index contributed by atoms with van der Waals surface area (Å²) < 4.78 is 31.2. The summed E-state index contributed by atoms with van der Waals surface area (Å²) in [7, 11) is -3.66. The Kier molecular flexibility index (Phi) is 5.18. The Morgan fingerprint density at radius 3 is 2.68 bits per heavy atom. The number of halogens is 1. The number of amides is 1. The highest BCUT2D eigenvalue weighted by atomic mass is 35.5. The molecule has 0 fully saturated rings. The Morgan fingerprint density at radius 1 is 1.32 bits per heavy atom. The van der Waals surface area contributed by atoms with Gasteiger partial charge in [0, 0.05) is 12.1 Å². The van der Waals surface area contributed by atoms with Crippen LogP contribution >= 0.6 is 11.6 Å². The summed E-state index contributed by atoms with van der Waals surface area (Å²) in [5, 5.41) is 13.5. The first-order valence-electron chi connectivity index (χ1n) is 8.06. The first-order valence-corrected chi connectivity index (χ1v) is 10.3. The lowest BCUT2D eigenvalue weighted by atomic mass is 10.1. The van der Waals surface area contributed by atoms with Crippen LogP contribution in [0.15, 0.2) is 36.4 Å². The lowest BCUT2D eigenvalue weighted by Gasteiger charge is -2.34. The third-order valence-corrected chi connectivity index (χ3v) is 5.57. The first kappa shape index (κ1) is 19.9. The van der Waals surface area contributed by atoms with Crippen LogP contribution in [0.25, 0.3) is 0 Å². The van der Waals surface area contributed by atoms with E-state index in [1.807, 2.05) is 6.92 Å². The highest BCUT2D eigenvalue weighted by Crippen LogP contribution is 2.36. The predicted octanol–water partition coefficient (Wildman–Crippen LogP) is 2.72. The zero-order valence-corrected chi connectivity index (χ0v) is 16.5. The van der Waals surface area contributed by atoms with Crippen LogP contribution in [-0.4, -0.2) is 38.2 Å². The largest absolute Gasteiger partial charge is 0.476 e. The van der Waals surface area contributed by atoms with Crippen LogP contribution in [0.4, 0.5) is 17.1 Å². The third kappa shape index (κ3) is 4.02. The van der Waals surface area contributed by atoms with Gasteiger partial charge in [-0.1, -0.05) is 17.7 Å². The molecule has 1 amide bonds. The number of carbonyl (C=O) groups is 1. The maximum absolute atomic E-state index is 12.7. The molecule has 0 saturated heterocycles. The molecule has 0 aromatic heterocycles. The Balaban J connectivity index is 1.90. The minimum absolute atomic E-state index is 0.0325. The van der Waals surface area contributed by atoms with Gasteiger partial charge in [0.05, 0.1) is 34.1 Å². The van der Waals surface area contributed by atoms with Crippen LogP contribution < -0.4 is 14.4 Å². The van der Waals surface area contributed by atoms with Crippen molar-refractivity contribution in [2.75, 3.05) is 22.4 Å². The van der Waals surface area contributed by atoms with Gasteiger partial charge in [0.25, 0.3) is 11.6 Å². The topological polar surface area (TPSA) is 119 Å². The quantitative estimate of drug-likeness (QED) is 0.594. The molecule has 2 aromatic rings. The summed E-state index contributed by atoms with van der Waals surface area (Å²) in [6.45, 7) is 1.57. The van der Waals surface area contributed by atoms with Gasteiger partial charge < -0.3 is 10.1 Å². The Hall–Kier alpha value is -2.85. The SMILES string of the molecule is Cc1ccc2c(c1)N(S(C)(=O)=O)C[C@H](C(=O)Nc1cc([N+](=O)[O-])ccc1Cl)O2. The fraction of sp³-hybridized carbons (Fsp3) is 0.235. The zero-order chi connectivity index (χ0) is 20.6. The van der Waals surface area contributed by atoms with E-state index in [4.69, 9.17) is 16.3 Å². The van der Waals surface area contributed by atoms with E-state index in [9.17, 15) is 23.3 Å². The Bertz CT molecular complexity index is 1070. The number of anilines is 2. The highest BCUT2D eigenvalue weighted by Gasteiger charge is 2.35. The maximum atomic E-state index is 12.7. The highest BCUT2D eigenvalue weighted by molar-refractivity contribution is 7.92. The van der Waals surface area contributed by atoms with Crippen LogP contribution in [-0.2, 0) is 14.8 Å². The van der Waals surface area contributed by atoms with Crippen molar-refractivity contribution < 1.29 is 22.9 Å². The molecule has 3 rings (SSSR count). The summed E-state index contributed by atoms with van der Waals surface area (Å²) in [6.07, 6.45) is -0.128. The van der Waals surface area contributed by atoms with E-state index in [2.05, 4.69) is 5.32 Å². The smallest absolute Gasteiger partial charge is 0.271 e. The van der Waals surface area contributed by atoms with Gasteiger partial charge >= 0.3 is 0 Å². The molecular formula is C17H16ClN3O6S. The van der Waals surface area contributed by atoms with E-state index >= 15 is 0 Å². The molecule has 11 heteroatoms. The van der Waals surface area contributed by atoms with Crippen LogP contribution in [0.1, 0.15) is 5.56 Å². The number of fused-ring (bicyclic) bond motifs is 1. The summed E-state index contributed by atoms with van der Waals surface area (Å²) in [5.74, 6) is -0.435. The molecule has 1 aliphatic rings. The standard InChI is InChI=1S/C17H16ClN3O6S/c1-10-3-6-15-14(7-10)20(28(2,25)26)9-16(27-15)17(22)19-13-8-11(21(23)24)4-5-12(13)18/h3-8,16H,9H2,1-2H3,(H,19,22)/t16-/m1/s1. The van der Waals surface area contributed by atoms with Crippen molar-refractivity contribution in [1.82, 2.24) is 0 Å². The third-order valence-electron chi connectivity index (χ3n) is 4.10. The van der Waals surface area contributed by atoms with Gasteiger partial charge in [-0.25, -0.2) is 8.42 Å². The number of hydrogen-bond acceptors (Lipinski definition) is 6.